The lowest BCUT2D eigenvalue weighted by Gasteiger charge is -2.50. The molecule has 2 bridgehead atoms. The van der Waals surface area contributed by atoms with Gasteiger partial charge in [-0.3, -0.25) is 10.2 Å². The second-order valence-electron chi connectivity index (χ2n) is 6.89. The number of halogens is 1. The highest BCUT2D eigenvalue weighted by molar-refractivity contribution is 9.10. The Morgan fingerprint density at radius 3 is 2.58 bits per heavy atom. The van der Waals surface area contributed by atoms with Crippen LogP contribution in [0, 0.1) is 5.92 Å². The third-order valence-corrected chi connectivity index (χ3v) is 5.81. The van der Waals surface area contributed by atoms with Crippen molar-refractivity contribution in [2.45, 2.75) is 31.4 Å². The fourth-order valence-electron chi connectivity index (χ4n) is 4.00. The number of anilines is 1. The van der Waals surface area contributed by atoms with Crippen LogP contribution in [0.15, 0.2) is 47.5 Å². The molecular formula is C19H21BrN4O2. The zero-order valence-corrected chi connectivity index (χ0v) is 15.9. The minimum absolute atomic E-state index is 0.104. The first kappa shape index (κ1) is 17.4. The summed E-state index contributed by atoms with van der Waals surface area (Å²) in [4.78, 5) is 23.1. The van der Waals surface area contributed by atoms with Gasteiger partial charge in [0.15, 0.2) is 0 Å². The fraction of sp³-hybridized carbons (Fsp3) is 0.421. The Balaban J connectivity index is 1.45. The lowest BCUT2D eigenvalue weighted by molar-refractivity contribution is -0.0741. The molecule has 0 aliphatic carbocycles. The van der Waals surface area contributed by atoms with E-state index in [2.05, 4.69) is 36.1 Å². The lowest BCUT2D eigenvalue weighted by Crippen LogP contribution is -2.60. The fourth-order valence-corrected chi connectivity index (χ4v) is 4.27. The molecule has 0 unspecified atom stereocenters. The normalized spacial score (nSPS) is 27.1. The Morgan fingerprint density at radius 2 is 1.88 bits per heavy atom. The molecule has 6 nitrogen and oxygen atoms in total. The quantitative estimate of drug-likeness (QED) is 0.825. The average Bonchev–Trinajstić information content (AvgIpc) is 2.67. The molecule has 0 spiro atoms. The van der Waals surface area contributed by atoms with E-state index in [4.69, 9.17) is 4.74 Å². The van der Waals surface area contributed by atoms with Crippen LogP contribution in [0.4, 0.5) is 10.5 Å². The minimum atomic E-state index is -0.389. The Bertz CT molecular complexity index is 748. The van der Waals surface area contributed by atoms with Gasteiger partial charge in [0.25, 0.3) is 0 Å². The Labute approximate surface area is 161 Å². The van der Waals surface area contributed by atoms with E-state index in [-0.39, 0.29) is 18.2 Å². The van der Waals surface area contributed by atoms with E-state index in [1.165, 1.54) is 6.33 Å². The second kappa shape index (κ2) is 7.72. The van der Waals surface area contributed by atoms with Crippen molar-refractivity contribution in [2.24, 2.45) is 5.92 Å². The molecule has 4 heterocycles. The van der Waals surface area contributed by atoms with E-state index in [0.717, 1.165) is 48.1 Å². The number of rotatable bonds is 4. The molecule has 0 saturated carbocycles. The van der Waals surface area contributed by atoms with Crippen molar-refractivity contribution in [2.75, 3.05) is 18.4 Å². The average molecular weight is 417 g/mol. The van der Waals surface area contributed by atoms with Gasteiger partial charge in [-0.15, -0.1) is 0 Å². The second-order valence-corrected chi connectivity index (χ2v) is 7.81. The largest absolute Gasteiger partial charge is 0.444 e. The summed E-state index contributed by atoms with van der Waals surface area (Å²) in [7, 11) is 0. The predicted molar refractivity (Wildman–Crippen MR) is 102 cm³/mol. The molecule has 3 saturated heterocycles. The molecule has 1 amide bonds. The smallest absolute Gasteiger partial charge is 0.411 e. The van der Waals surface area contributed by atoms with Gasteiger partial charge >= 0.3 is 6.09 Å². The van der Waals surface area contributed by atoms with Gasteiger partial charge in [0.1, 0.15) is 12.4 Å². The van der Waals surface area contributed by atoms with Crippen LogP contribution < -0.4 is 5.32 Å². The van der Waals surface area contributed by atoms with E-state index in [9.17, 15) is 4.79 Å². The Kier molecular flexibility index (Phi) is 5.17. The van der Waals surface area contributed by atoms with Gasteiger partial charge in [0.05, 0.1) is 6.04 Å². The van der Waals surface area contributed by atoms with E-state index in [0.29, 0.717) is 5.92 Å². The molecule has 136 valence electrons. The maximum atomic E-state index is 12.5. The van der Waals surface area contributed by atoms with Crippen molar-refractivity contribution in [3.8, 4) is 0 Å². The van der Waals surface area contributed by atoms with Crippen LogP contribution in [-0.4, -0.2) is 46.2 Å². The summed E-state index contributed by atoms with van der Waals surface area (Å²) in [6.45, 7) is 2.13. The number of nitrogens with zero attached hydrogens (tertiary/aromatic N) is 3. The summed E-state index contributed by atoms with van der Waals surface area (Å²) >= 11 is 3.39. The Morgan fingerprint density at radius 1 is 1.19 bits per heavy atom. The number of nitrogens with one attached hydrogen (secondary N) is 1. The molecule has 3 fully saturated rings. The maximum Gasteiger partial charge on any atom is 0.411 e. The van der Waals surface area contributed by atoms with Crippen LogP contribution in [0.2, 0.25) is 0 Å². The molecule has 3 aliphatic rings. The topological polar surface area (TPSA) is 67.3 Å². The van der Waals surface area contributed by atoms with Crippen LogP contribution in [0.25, 0.3) is 0 Å². The highest BCUT2D eigenvalue weighted by Gasteiger charge is 2.44. The van der Waals surface area contributed by atoms with E-state index in [1.54, 1.807) is 0 Å². The number of fused-ring (bicyclic) bond motifs is 3. The molecule has 0 radical (unpaired) electrons. The summed E-state index contributed by atoms with van der Waals surface area (Å²) in [5.41, 5.74) is 1.81. The van der Waals surface area contributed by atoms with Crippen LogP contribution in [0.5, 0.6) is 0 Å². The number of aromatic nitrogens is 2. The first-order valence-corrected chi connectivity index (χ1v) is 9.69. The first-order valence-electron chi connectivity index (χ1n) is 8.90. The van der Waals surface area contributed by atoms with Crippen molar-refractivity contribution in [1.29, 1.82) is 0 Å². The summed E-state index contributed by atoms with van der Waals surface area (Å²) < 4.78 is 6.87. The molecule has 1 aromatic carbocycles. The molecule has 1 aromatic heterocycles. The van der Waals surface area contributed by atoms with Crippen molar-refractivity contribution < 1.29 is 9.53 Å². The van der Waals surface area contributed by atoms with E-state index in [1.807, 2.05) is 36.7 Å². The Hall–Kier alpha value is -1.99. The highest BCUT2D eigenvalue weighted by Crippen LogP contribution is 2.36. The number of hydrogen-bond donors (Lipinski definition) is 1. The van der Waals surface area contributed by atoms with Crippen molar-refractivity contribution in [3.63, 3.8) is 0 Å². The van der Waals surface area contributed by atoms with Crippen LogP contribution in [0.3, 0.4) is 0 Å². The number of carbonyl (C=O) groups is 1. The van der Waals surface area contributed by atoms with E-state index < -0.39 is 0 Å². The molecule has 2 aromatic rings. The number of piperidine rings is 3. The molecule has 5 rings (SSSR count). The molecule has 3 aliphatic heterocycles. The van der Waals surface area contributed by atoms with Gasteiger partial charge in [-0.25, -0.2) is 14.8 Å². The third-order valence-electron chi connectivity index (χ3n) is 5.28. The third kappa shape index (κ3) is 3.88. The number of benzene rings is 1. The van der Waals surface area contributed by atoms with Crippen molar-refractivity contribution in [1.82, 2.24) is 14.9 Å². The minimum Gasteiger partial charge on any atom is -0.444 e. The van der Waals surface area contributed by atoms with Gasteiger partial charge in [-0.2, -0.15) is 0 Å². The molecule has 7 heteroatoms. The molecule has 2 atom stereocenters. The molecule has 1 N–H and O–H groups in total. The predicted octanol–water partition coefficient (Wildman–Crippen LogP) is 3.49. The van der Waals surface area contributed by atoms with Crippen molar-refractivity contribution >= 4 is 27.7 Å². The number of ether oxygens (including phenoxy) is 1. The van der Waals surface area contributed by atoms with E-state index >= 15 is 0 Å². The molecule has 26 heavy (non-hydrogen) atoms. The van der Waals surface area contributed by atoms with Gasteiger partial charge in [0.2, 0.25) is 0 Å². The summed E-state index contributed by atoms with van der Waals surface area (Å²) in [5, 5.41) is 2.84. The standard InChI is InChI=1S/C19H21BrN4O2/c20-15-1-3-16(4-2-15)23-19(25)26-18-14-5-7-24(8-6-14)17(18)9-13-10-21-12-22-11-13/h1-4,10-12,14,17-18H,5-9H2,(H,23,25)/t17-,18-/m1/s1. The summed E-state index contributed by atoms with van der Waals surface area (Å²) in [6.07, 6.45) is 7.69. The SMILES string of the molecule is O=C(Nc1ccc(Br)cc1)O[C@@H]1C2CCN(CC2)[C@@H]1Cc1cncnc1. The number of hydrogen-bond acceptors (Lipinski definition) is 5. The highest BCUT2D eigenvalue weighted by atomic mass is 79.9. The summed E-state index contributed by atoms with van der Waals surface area (Å²) in [5.74, 6) is 0.422. The van der Waals surface area contributed by atoms with Crippen LogP contribution in [-0.2, 0) is 11.2 Å². The van der Waals surface area contributed by atoms with Gasteiger partial charge in [-0.05, 0) is 62.2 Å². The zero-order chi connectivity index (χ0) is 17.9. The van der Waals surface area contributed by atoms with Gasteiger partial charge in [-0.1, -0.05) is 15.9 Å². The lowest BCUT2D eigenvalue weighted by atomic mass is 9.78. The number of amides is 1. The zero-order valence-electron chi connectivity index (χ0n) is 14.3. The first-order chi connectivity index (χ1) is 12.7. The summed E-state index contributed by atoms with van der Waals surface area (Å²) in [6, 6.07) is 7.66. The van der Waals surface area contributed by atoms with Crippen LogP contribution >= 0.6 is 15.9 Å². The van der Waals surface area contributed by atoms with Crippen molar-refractivity contribution in [3.05, 3.63) is 53.0 Å². The van der Waals surface area contributed by atoms with Gasteiger partial charge < -0.3 is 4.74 Å². The molecular weight excluding hydrogens is 396 g/mol. The number of carbonyl (C=O) groups excluding carboxylic acids is 1. The monoisotopic (exact) mass is 416 g/mol. The van der Waals surface area contributed by atoms with Crippen LogP contribution in [0.1, 0.15) is 18.4 Å². The maximum absolute atomic E-state index is 12.5. The van der Waals surface area contributed by atoms with Gasteiger partial charge in [0, 0.05) is 28.5 Å².